The van der Waals surface area contributed by atoms with Crippen LogP contribution in [0.15, 0.2) is 23.1 Å². The van der Waals surface area contributed by atoms with E-state index < -0.39 is 10.0 Å². The molecule has 0 atom stereocenters. The molecule has 2 aliphatic rings. The maximum absolute atomic E-state index is 13.0. The third-order valence-corrected chi connectivity index (χ3v) is 6.85. The molecule has 1 amide bonds. The van der Waals surface area contributed by atoms with Crippen LogP contribution in [0.2, 0.25) is 0 Å². The number of benzene rings is 1. The zero-order valence-electron chi connectivity index (χ0n) is 14.1. The smallest absolute Gasteiger partial charge is 0.243 e. The molecule has 1 aliphatic heterocycles. The molecular formula is C18H26N2O3S. The Kier molecular flexibility index (Phi) is 5.56. The first-order chi connectivity index (χ1) is 11.6. The molecule has 24 heavy (non-hydrogen) atoms. The van der Waals surface area contributed by atoms with Crippen molar-refractivity contribution in [2.24, 2.45) is 0 Å². The Balaban J connectivity index is 1.80. The van der Waals surface area contributed by atoms with Crippen LogP contribution in [-0.4, -0.2) is 38.3 Å². The van der Waals surface area contributed by atoms with Crippen molar-refractivity contribution in [3.05, 3.63) is 29.3 Å². The van der Waals surface area contributed by atoms with Gasteiger partial charge in [-0.15, -0.1) is 0 Å². The zero-order valence-corrected chi connectivity index (χ0v) is 14.9. The summed E-state index contributed by atoms with van der Waals surface area (Å²) in [7, 11) is -3.53. The summed E-state index contributed by atoms with van der Waals surface area (Å²) in [6, 6.07) is 5.52. The highest BCUT2D eigenvalue weighted by Gasteiger charge is 2.26. The summed E-state index contributed by atoms with van der Waals surface area (Å²) < 4.78 is 27.6. The van der Waals surface area contributed by atoms with Crippen LogP contribution in [0, 0.1) is 0 Å². The van der Waals surface area contributed by atoms with Crippen molar-refractivity contribution in [1.29, 1.82) is 0 Å². The van der Waals surface area contributed by atoms with E-state index in [0.29, 0.717) is 18.0 Å². The molecule has 1 aromatic carbocycles. The first-order valence-electron chi connectivity index (χ1n) is 8.96. The molecular weight excluding hydrogens is 324 g/mol. The van der Waals surface area contributed by atoms with Gasteiger partial charge in [-0.1, -0.05) is 18.9 Å². The minimum atomic E-state index is -3.53. The zero-order chi connectivity index (χ0) is 17.0. The summed E-state index contributed by atoms with van der Waals surface area (Å²) in [5.41, 5.74) is 2.43. The van der Waals surface area contributed by atoms with Crippen LogP contribution >= 0.6 is 0 Å². The SMILES string of the molecule is O=C1CCN(S(=O)(=O)c2ccc3c(c2)CCC3)CCCCCCN1. The molecule has 0 aromatic heterocycles. The van der Waals surface area contributed by atoms with Crippen LogP contribution in [0.25, 0.3) is 0 Å². The van der Waals surface area contributed by atoms with E-state index in [-0.39, 0.29) is 18.9 Å². The van der Waals surface area contributed by atoms with Crippen molar-refractivity contribution >= 4 is 15.9 Å². The van der Waals surface area contributed by atoms with Gasteiger partial charge in [0.25, 0.3) is 0 Å². The second-order valence-corrected chi connectivity index (χ2v) is 8.64. The predicted octanol–water partition coefficient (Wildman–Crippen LogP) is 2.25. The maximum atomic E-state index is 13.0. The molecule has 0 unspecified atom stereocenters. The molecule has 1 aromatic rings. The molecule has 1 aliphatic carbocycles. The average Bonchev–Trinajstić information content (AvgIpc) is 3.01. The number of nitrogens with zero attached hydrogens (tertiary/aromatic N) is 1. The van der Waals surface area contributed by atoms with Crippen molar-refractivity contribution in [2.75, 3.05) is 19.6 Å². The quantitative estimate of drug-likeness (QED) is 0.889. The van der Waals surface area contributed by atoms with Gasteiger partial charge >= 0.3 is 0 Å². The topological polar surface area (TPSA) is 66.5 Å². The summed E-state index contributed by atoms with van der Waals surface area (Å²) in [5.74, 6) is -0.0638. The normalized spacial score (nSPS) is 20.9. The van der Waals surface area contributed by atoms with Crippen LogP contribution in [-0.2, 0) is 27.7 Å². The van der Waals surface area contributed by atoms with Gasteiger partial charge in [-0.3, -0.25) is 4.79 Å². The highest BCUT2D eigenvalue weighted by Crippen LogP contribution is 2.26. The van der Waals surface area contributed by atoms with Gasteiger partial charge in [-0.2, -0.15) is 4.31 Å². The van der Waals surface area contributed by atoms with E-state index in [0.717, 1.165) is 50.5 Å². The minimum Gasteiger partial charge on any atom is -0.356 e. The number of hydrogen-bond acceptors (Lipinski definition) is 3. The molecule has 1 fully saturated rings. The predicted molar refractivity (Wildman–Crippen MR) is 93.3 cm³/mol. The third-order valence-electron chi connectivity index (χ3n) is 4.95. The number of rotatable bonds is 2. The summed E-state index contributed by atoms with van der Waals surface area (Å²) >= 11 is 0. The first-order valence-corrected chi connectivity index (χ1v) is 10.4. The van der Waals surface area contributed by atoms with Gasteiger partial charge in [0.2, 0.25) is 15.9 Å². The molecule has 1 heterocycles. The van der Waals surface area contributed by atoms with Crippen molar-refractivity contribution in [1.82, 2.24) is 9.62 Å². The van der Waals surface area contributed by atoms with Gasteiger partial charge in [0.15, 0.2) is 0 Å². The molecule has 6 heteroatoms. The number of fused-ring (bicyclic) bond motifs is 1. The standard InChI is InChI=1S/C18H26N2O3S/c21-18-10-13-20(12-4-2-1-3-11-19-18)24(22,23)17-9-8-15-6-5-7-16(15)14-17/h8-9,14H,1-7,10-13H2,(H,19,21). The van der Waals surface area contributed by atoms with Gasteiger partial charge in [0.1, 0.15) is 0 Å². The minimum absolute atomic E-state index is 0.0638. The van der Waals surface area contributed by atoms with Crippen LogP contribution in [0.5, 0.6) is 0 Å². The van der Waals surface area contributed by atoms with E-state index in [2.05, 4.69) is 5.32 Å². The molecule has 3 rings (SSSR count). The van der Waals surface area contributed by atoms with Crippen molar-refractivity contribution < 1.29 is 13.2 Å². The Labute approximate surface area is 144 Å². The Morgan fingerprint density at radius 2 is 1.67 bits per heavy atom. The fourth-order valence-electron chi connectivity index (χ4n) is 3.52. The Morgan fingerprint density at radius 3 is 2.54 bits per heavy atom. The van der Waals surface area contributed by atoms with E-state index in [1.165, 1.54) is 9.87 Å². The second kappa shape index (κ2) is 7.66. The average molecular weight is 350 g/mol. The van der Waals surface area contributed by atoms with E-state index in [4.69, 9.17) is 0 Å². The fourth-order valence-corrected chi connectivity index (χ4v) is 5.05. The molecule has 1 saturated heterocycles. The summed E-state index contributed by atoms with van der Waals surface area (Å²) in [6.45, 7) is 1.44. The van der Waals surface area contributed by atoms with E-state index in [1.54, 1.807) is 6.07 Å². The number of carbonyl (C=O) groups excluding carboxylic acids is 1. The van der Waals surface area contributed by atoms with E-state index >= 15 is 0 Å². The van der Waals surface area contributed by atoms with E-state index in [9.17, 15) is 13.2 Å². The van der Waals surface area contributed by atoms with Crippen LogP contribution < -0.4 is 5.32 Å². The van der Waals surface area contributed by atoms with Gasteiger partial charge in [0, 0.05) is 26.1 Å². The summed E-state index contributed by atoms with van der Waals surface area (Å²) in [5, 5.41) is 2.87. The number of carbonyl (C=O) groups is 1. The Morgan fingerprint density at radius 1 is 0.875 bits per heavy atom. The number of amides is 1. The summed E-state index contributed by atoms with van der Waals surface area (Å²) in [6.07, 6.45) is 7.15. The first kappa shape index (κ1) is 17.4. The van der Waals surface area contributed by atoms with E-state index in [1.807, 2.05) is 12.1 Å². The van der Waals surface area contributed by atoms with Crippen LogP contribution in [0.4, 0.5) is 0 Å². The second-order valence-electron chi connectivity index (χ2n) is 6.70. The van der Waals surface area contributed by atoms with Gasteiger partial charge in [0.05, 0.1) is 4.90 Å². The van der Waals surface area contributed by atoms with Crippen LogP contribution in [0.3, 0.4) is 0 Å². The van der Waals surface area contributed by atoms with Gasteiger partial charge in [-0.25, -0.2) is 8.42 Å². The number of sulfonamides is 1. The van der Waals surface area contributed by atoms with Crippen LogP contribution in [0.1, 0.15) is 49.7 Å². The van der Waals surface area contributed by atoms with Gasteiger partial charge < -0.3 is 5.32 Å². The monoisotopic (exact) mass is 350 g/mol. The number of aryl methyl sites for hydroxylation is 2. The molecule has 0 radical (unpaired) electrons. The number of hydrogen-bond donors (Lipinski definition) is 1. The maximum Gasteiger partial charge on any atom is 0.243 e. The number of nitrogens with one attached hydrogen (secondary N) is 1. The largest absolute Gasteiger partial charge is 0.356 e. The molecule has 1 N–H and O–H groups in total. The lowest BCUT2D eigenvalue weighted by Gasteiger charge is -2.22. The molecule has 0 saturated carbocycles. The van der Waals surface area contributed by atoms with Crippen molar-refractivity contribution in [3.63, 3.8) is 0 Å². The van der Waals surface area contributed by atoms with Crippen molar-refractivity contribution in [3.8, 4) is 0 Å². The summed E-state index contributed by atoms with van der Waals surface area (Å²) in [4.78, 5) is 12.2. The Hall–Kier alpha value is -1.40. The molecule has 0 spiro atoms. The third kappa shape index (κ3) is 3.98. The highest BCUT2D eigenvalue weighted by molar-refractivity contribution is 7.89. The lowest BCUT2D eigenvalue weighted by atomic mass is 10.1. The lowest BCUT2D eigenvalue weighted by Crippen LogP contribution is -2.35. The molecule has 132 valence electrons. The van der Waals surface area contributed by atoms with Gasteiger partial charge in [-0.05, 0) is 55.4 Å². The molecule has 5 nitrogen and oxygen atoms in total. The highest BCUT2D eigenvalue weighted by atomic mass is 32.2. The lowest BCUT2D eigenvalue weighted by molar-refractivity contribution is -0.121. The Bertz CT molecular complexity index is 700. The van der Waals surface area contributed by atoms with Crippen molar-refractivity contribution in [2.45, 2.75) is 56.3 Å². The fraction of sp³-hybridized carbons (Fsp3) is 0.611. The molecule has 0 bridgehead atoms.